The third-order valence-electron chi connectivity index (χ3n) is 7.80. The van der Waals surface area contributed by atoms with Crippen molar-refractivity contribution < 1.29 is 9.13 Å². The van der Waals surface area contributed by atoms with Crippen LogP contribution in [-0.4, -0.2) is 0 Å². The Labute approximate surface area is 211 Å². The third kappa shape index (κ3) is 2.81. The van der Waals surface area contributed by atoms with Crippen LogP contribution in [-0.2, 0) is 9.13 Å². The predicted octanol–water partition coefficient (Wildman–Crippen LogP) is 5.84. The lowest BCUT2D eigenvalue weighted by atomic mass is 9.86. The standard InChI is InChI=1S/C32H24O2P2/c33-35(23-13-3-1-4-14-23)28-20-10-7-17-25(28)31-26-18-8-11-21-29(26)36(34,24-15-5-2-6-16-24)32(31)27-19-9-12-22-30(27)35/h1-22,31-32H. The van der Waals surface area contributed by atoms with Gasteiger partial charge >= 0.3 is 0 Å². The molecule has 36 heavy (non-hydrogen) atoms. The van der Waals surface area contributed by atoms with E-state index in [0.29, 0.717) is 0 Å². The fourth-order valence-electron chi connectivity index (χ4n) is 6.35. The molecule has 2 heterocycles. The topological polar surface area (TPSA) is 34.1 Å². The molecule has 0 amide bonds. The molecule has 0 N–H and O–H groups in total. The Hall–Kier alpha value is -3.44. The first kappa shape index (κ1) is 21.8. The molecule has 0 saturated carbocycles. The fraction of sp³-hybridized carbons (Fsp3) is 0.0625. The van der Waals surface area contributed by atoms with Gasteiger partial charge in [-0.1, -0.05) is 133 Å². The van der Waals surface area contributed by atoms with Gasteiger partial charge in [0.1, 0.15) is 0 Å². The number of fused-ring (bicyclic) bond motifs is 7. The number of hydrogen-bond donors (Lipinski definition) is 0. The molecule has 0 radical (unpaired) electrons. The Morgan fingerprint density at radius 1 is 0.417 bits per heavy atom. The van der Waals surface area contributed by atoms with E-state index in [0.717, 1.165) is 43.2 Å². The van der Waals surface area contributed by atoms with Gasteiger partial charge < -0.3 is 9.13 Å². The lowest BCUT2D eigenvalue weighted by molar-refractivity contribution is 0.577. The maximum atomic E-state index is 15.6. The second-order valence-electron chi connectivity index (χ2n) is 9.54. The van der Waals surface area contributed by atoms with Gasteiger partial charge in [0, 0.05) is 32.4 Å². The summed E-state index contributed by atoms with van der Waals surface area (Å²) in [5, 5.41) is 4.25. The van der Waals surface area contributed by atoms with Gasteiger partial charge in [0.2, 0.25) is 0 Å². The van der Waals surface area contributed by atoms with Crippen molar-refractivity contribution in [1.29, 1.82) is 0 Å². The average Bonchev–Trinajstić information content (AvgIpc) is 3.17. The molecule has 174 valence electrons. The maximum Gasteiger partial charge on any atom is 0.171 e. The molecule has 4 heteroatoms. The van der Waals surface area contributed by atoms with Crippen LogP contribution in [0.15, 0.2) is 133 Å². The zero-order chi connectivity index (χ0) is 24.3. The minimum atomic E-state index is -3.22. The molecule has 2 aliphatic rings. The Balaban J connectivity index is 1.66. The van der Waals surface area contributed by atoms with Gasteiger partial charge in [-0.25, -0.2) is 0 Å². The van der Waals surface area contributed by atoms with Gasteiger partial charge in [-0.2, -0.15) is 0 Å². The van der Waals surface area contributed by atoms with E-state index in [1.54, 1.807) is 0 Å². The Bertz CT molecular complexity index is 1710. The molecule has 5 aromatic carbocycles. The van der Waals surface area contributed by atoms with Crippen LogP contribution in [0, 0.1) is 0 Å². The van der Waals surface area contributed by atoms with E-state index in [-0.39, 0.29) is 11.6 Å². The first-order valence-electron chi connectivity index (χ1n) is 12.2. The van der Waals surface area contributed by atoms with Crippen LogP contribution >= 0.6 is 14.3 Å². The van der Waals surface area contributed by atoms with Gasteiger partial charge in [-0.3, -0.25) is 0 Å². The molecule has 0 aliphatic carbocycles. The summed E-state index contributed by atoms with van der Waals surface area (Å²) >= 11 is 0. The van der Waals surface area contributed by atoms with E-state index in [4.69, 9.17) is 0 Å². The van der Waals surface area contributed by atoms with Crippen molar-refractivity contribution in [3.8, 4) is 0 Å². The van der Waals surface area contributed by atoms with Gasteiger partial charge in [-0.05, 0) is 16.7 Å². The molecule has 7 rings (SSSR count). The van der Waals surface area contributed by atoms with Crippen LogP contribution in [0.1, 0.15) is 28.3 Å². The summed E-state index contributed by atoms with van der Waals surface area (Å²) < 4.78 is 31.1. The van der Waals surface area contributed by atoms with E-state index in [1.807, 2.05) is 115 Å². The van der Waals surface area contributed by atoms with Crippen molar-refractivity contribution in [3.05, 3.63) is 150 Å². The van der Waals surface area contributed by atoms with Crippen LogP contribution in [0.2, 0.25) is 0 Å². The fourth-order valence-corrected chi connectivity index (χ4v) is 13.4. The SMILES string of the molecule is O=P1(c2ccccc2)c2ccccc2C2c3ccccc3P(=O)(c3ccccc3)C2c2ccccc21. The molecule has 0 saturated heterocycles. The predicted molar refractivity (Wildman–Crippen MR) is 150 cm³/mol. The highest BCUT2D eigenvalue weighted by Crippen LogP contribution is 2.71. The lowest BCUT2D eigenvalue weighted by Crippen LogP contribution is -2.28. The first-order chi connectivity index (χ1) is 17.6. The lowest BCUT2D eigenvalue weighted by Gasteiger charge is -2.27. The summed E-state index contributed by atoms with van der Waals surface area (Å²) in [4.78, 5) is 0. The van der Waals surface area contributed by atoms with E-state index >= 15 is 9.13 Å². The molecule has 0 bridgehead atoms. The second kappa shape index (κ2) is 8.04. The monoisotopic (exact) mass is 502 g/mol. The normalized spacial score (nSPS) is 25.7. The molecule has 0 aromatic heterocycles. The van der Waals surface area contributed by atoms with Crippen LogP contribution in [0.3, 0.4) is 0 Å². The number of hydrogen-bond acceptors (Lipinski definition) is 2. The van der Waals surface area contributed by atoms with E-state index in [2.05, 4.69) is 18.2 Å². The van der Waals surface area contributed by atoms with Gasteiger partial charge in [0.15, 0.2) is 14.3 Å². The van der Waals surface area contributed by atoms with Crippen LogP contribution < -0.4 is 26.5 Å². The molecular weight excluding hydrogens is 478 g/mol. The smallest absolute Gasteiger partial charge is 0.171 e. The van der Waals surface area contributed by atoms with Crippen molar-refractivity contribution >= 4 is 40.8 Å². The molecule has 4 atom stereocenters. The van der Waals surface area contributed by atoms with Crippen LogP contribution in [0.4, 0.5) is 0 Å². The minimum Gasteiger partial charge on any atom is -0.313 e. The van der Waals surface area contributed by atoms with Crippen LogP contribution in [0.5, 0.6) is 0 Å². The van der Waals surface area contributed by atoms with Crippen molar-refractivity contribution in [1.82, 2.24) is 0 Å². The van der Waals surface area contributed by atoms with E-state index in [9.17, 15) is 0 Å². The summed E-state index contributed by atoms with van der Waals surface area (Å²) in [5.41, 5.74) is 2.72. The molecule has 4 unspecified atom stereocenters. The summed E-state index contributed by atoms with van der Waals surface area (Å²) in [6.07, 6.45) is 0. The summed E-state index contributed by atoms with van der Waals surface area (Å²) in [5.74, 6) is -0.149. The highest BCUT2D eigenvalue weighted by atomic mass is 31.2. The van der Waals surface area contributed by atoms with E-state index < -0.39 is 14.3 Å². The van der Waals surface area contributed by atoms with Crippen molar-refractivity contribution in [3.63, 3.8) is 0 Å². The third-order valence-corrected chi connectivity index (χ3v) is 14.5. The average molecular weight is 502 g/mol. The number of rotatable bonds is 2. The molecular formula is C32H24O2P2. The molecule has 0 spiro atoms. The highest BCUT2D eigenvalue weighted by molar-refractivity contribution is 7.86. The molecule has 2 nitrogen and oxygen atoms in total. The zero-order valence-corrected chi connectivity index (χ0v) is 21.4. The van der Waals surface area contributed by atoms with Crippen LogP contribution in [0.25, 0.3) is 0 Å². The summed E-state index contributed by atoms with van der Waals surface area (Å²) in [6, 6.07) is 44.1. The largest absolute Gasteiger partial charge is 0.313 e. The quantitative estimate of drug-likeness (QED) is 0.284. The Morgan fingerprint density at radius 3 is 1.44 bits per heavy atom. The second-order valence-corrected chi connectivity index (χ2v) is 15.1. The van der Waals surface area contributed by atoms with Gasteiger partial charge in [-0.15, -0.1) is 0 Å². The summed E-state index contributed by atoms with van der Waals surface area (Å²) in [7, 11) is -6.35. The maximum absolute atomic E-state index is 15.6. The van der Waals surface area contributed by atoms with Crippen molar-refractivity contribution in [2.45, 2.75) is 11.6 Å². The summed E-state index contributed by atoms with van der Waals surface area (Å²) in [6.45, 7) is 0. The van der Waals surface area contributed by atoms with Crippen molar-refractivity contribution in [2.24, 2.45) is 0 Å². The molecule has 2 aliphatic heterocycles. The van der Waals surface area contributed by atoms with E-state index in [1.165, 1.54) is 0 Å². The van der Waals surface area contributed by atoms with Gasteiger partial charge in [0.05, 0.1) is 5.66 Å². The molecule has 5 aromatic rings. The molecule has 0 fully saturated rings. The number of benzene rings is 5. The minimum absolute atomic E-state index is 0.149. The first-order valence-corrected chi connectivity index (χ1v) is 15.7. The Morgan fingerprint density at radius 2 is 0.833 bits per heavy atom. The Kier molecular flexibility index (Phi) is 4.87. The highest BCUT2D eigenvalue weighted by Gasteiger charge is 2.55. The van der Waals surface area contributed by atoms with Gasteiger partial charge in [0.25, 0.3) is 0 Å². The zero-order valence-electron chi connectivity index (χ0n) is 19.6. The van der Waals surface area contributed by atoms with Crippen molar-refractivity contribution in [2.75, 3.05) is 0 Å².